The maximum Gasteiger partial charge on any atom is 0.271 e. The van der Waals surface area contributed by atoms with Crippen LogP contribution in [-0.4, -0.2) is 39.6 Å². The second-order valence-corrected chi connectivity index (χ2v) is 8.85. The molecule has 0 bridgehead atoms. The molecule has 7 rings (SSSR count). The largest absolute Gasteiger partial charge is 0.275 e. The lowest BCUT2D eigenvalue weighted by molar-refractivity contribution is 0.703. The van der Waals surface area contributed by atoms with Crippen LogP contribution < -0.4 is 0 Å². The van der Waals surface area contributed by atoms with E-state index in [9.17, 15) is 0 Å². The van der Waals surface area contributed by atoms with Crippen LogP contribution in [0.3, 0.4) is 0 Å². The monoisotopic (exact) mass is 444 g/mol. The molecular weight excluding hydrogens is 424 g/mol. The minimum Gasteiger partial charge on any atom is -0.275 e. The lowest BCUT2D eigenvalue weighted by Crippen LogP contribution is -2.15. The molecular formula is C26H20N8. The molecule has 0 unspecified atom stereocenters. The van der Waals surface area contributed by atoms with Gasteiger partial charge in [-0.2, -0.15) is 14.7 Å². The van der Waals surface area contributed by atoms with Crippen LogP contribution >= 0.6 is 0 Å². The molecule has 164 valence electrons. The fourth-order valence-corrected chi connectivity index (χ4v) is 4.67. The number of fused-ring (bicyclic) bond motifs is 2. The summed E-state index contributed by atoms with van der Waals surface area (Å²) in [5.74, 6) is 1.35. The maximum absolute atomic E-state index is 4.91. The Morgan fingerprint density at radius 1 is 0.853 bits per heavy atom. The molecule has 1 fully saturated rings. The summed E-state index contributed by atoms with van der Waals surface area (Å²) < 4.78 is 3.61. The molecule has 6 aromatic rings. The quantitative estimate of drug-likeness (QED) is 0.405. The average molecular weight is 445 g/mol. The van der Waals surface area contributed by atoms with E-state index in [0.717, 1.165) is 52.0 Å². The van der Waals surface area contributed by atoms with Gasteiger partial charge in [0.25, 0.3) is 5.78 Å². The van der Waals surface area contributed by atoms with E-state index in [4.69, 9.17) is 5.10 Å². The summed E-state index contributed by atoms with van der Waals surface area (Å²) >= 11 is 0. The van der Waals surface area contributed by atoms with Gasteiger partial charge in [0.15, 0.2) is 5.82 Å². The van der Waals surface area contributed by atoms with Crippen LogP contribution in [0.4, 0.5) is 0 Å². The number of aryl methyl sites for hydroxylation is 1. The lowest BCUT2D eigenvalue weighted by atomic mass is 9.94. The fourth-order valence-electron chi connectivity index (χ4n) is 4.67. The SMILES string of the molecule is Cn1cc(-c2ccc(-c3cnc4nnc(C5(c6ccc7ncccc7c6)CC5)n4n3)cc2)cn1. The van der Waals surface area contributed by atoms with Gasteiger partial charge in [-0.25, -0.2) is 4.98 Å². The van der Waals surface area contributed by atoms with E-state index in [1.165, 1.54) is 5.56 Å². The molecule has 34 heavy (non-hydrogen) atoms. The van der Waals surface area contributed by atoms with Crippen molar-refractivity contribution >= 4 is 16.7 Å². The highest BCUT2D eigenvalue weighted by Gasteiger charge is 2.50. The van der Waals surface area contributed by atoms with Gasteiger partial charge in [-0.05, 0) is 42.2 Å². The number of nitrogens with zero attached hydrogens (tertiary/aromatic N) is 8. The highest BCUT2D eigenvalue weighted by atomic mass is 15.4. The van der Waals surface area contributed by atoms with E-state index >= 15 is 0 Å². The van der Waals surface area contributed by atoms with Crippen molar-refractivity contribution < 1.29 is 0 Å². The van der Waals surface area contributed by atoms with Gasteiger partial charge < -0.3 is 0 Å². The summed E-state index contributed by atoms with van der Waals surface area (Å²) in [6, 6.07) is 18.8. The third-order valence-electron chi connectivity index (χ3n) is 6.69. The van der Waals surface area contributed by atoms with E-state index in [1.807, 2.05) is 36.2 Å². The van der Waals surface area contributed by atoms with Crippen molar-refractivity contribution in [1.82, 2.24) is 39.6 Å². The lowest BCUT2D eigenvalue weighted by Gasteiger charge is -2.14. The summed E-state index contributed by atoms with van der Waals surface area (Å²) in [6.07, 6.45) is 9.45. The number of aromatic nitrogens is 8. The first-order valence-electron chi connectivity index (χ1n) is 11.2. The Morgan fingerprint density at radius 2 is 1.71 bits per heavy atom. The van der Waals surface area contributed by atoms with Gasteiger partial charge >= 0.3 is 0 Å². The molecule has 8 heteroatoms. The van der Waals surface area contributed by atoms with Gasteiger partial charge in [0.05, 0.1) is 23.3 Å². The Morgan fingerprint density at radius 3 is 2.50 bits per heavy atom. The van der Waals surface area contributed by atoms with Crippen LogP contribution in [0, 0.1) is 0 Å². The van der Waals surface area contributed by atoms with Crippen molar-refractivity contribution in [2.24, 2.45) is 7.05 Å². The molecule has 1 aliphatic carbocycles. The van der Waals surface area contributed by atoms with Crippen LogP contribution in [0.25, 0.3) is 39.1 Å². The Bertz CT molecular complexity index is 1670. The third kappa shape index (κ3) is 2.92. The molecule has 0 N–H and O–H groups in total. The fraction of sp³-hybridized carbons (Fsp3) is 0.154. The summed E-state index contributed by atoms with van der Waals surface area (Å²) in [4.78, 5) is 9.00. The molecule has 4 aromatic heterocycles. The average Bonchev–Trinajstić information content (AvgIpc) is 3.38. The zero-order valence-corrected chi connectivity index (χ0v) is 18.5. The summed E-state index contributed by atoms with van der Waals surface area (Å²) in [5.41, 5.74) is 5.98. The molecule has 0 aliphatic heterocycles. The second-order valence-electron chi connectivity index (χ2n) is 8.85. The summed E-state index contributed by atoms with van der Waals surface area (Å²) in [5, 5.41) is 19.1. The summed E-state index contributed by atoms with van der Waals surface area (Å²) in [6.45, 7) is 0. The Hall–Kier alpha value is -4.46. The molecule has 0 amide bonds. The molecule has 0 radical (unpaired) electrons. The van der Waals surface area contributed by atoms with Crippen LogP contribution in [0.1, 0.15) is 24.2 Å². The van der Waals surface area contributed by atoms with Crippen LogP contribution in [0.15, 0.2) is 79.4 Å². The first kappa shape index (κ1) is 19.0. The van der Waals surface area contributed by atoms with Crippen LogP contribution in [0.5, 0.6) is 0 Å². The normalized spacial score (nSPS) is 14.6. The first-order valence-corrected chi connectivity index (χ1v) is 11.2. The predicted octanol–water partition coefficient (Wildman–Crippen LogP) is 4.21. The topological polar surface area (TPSA) is 86.7 Å². The molecule has 8 nitrogen and oxygen atoms in total. The van der Waals surface area contributed by atoms with Gasteiger partial charge in [-0.15, -0.1) is 10.2 Å². The van der Waals surface area contributed by atoms with Crippen molar-refractivity contribution in [3.05, 3.63) is 90.8 Å². The maximum atomic E-state index is 4.91. The predicted molar refractivity (Wildman–Crippen MR) is 128 cm³/mol. The molecule has 1 saturated carbocycles. The number of pyridine rings is 1. The second kappa shape index (κ2) is 7.02. The molecule has 0 spiro atoms. The van der Waals surface area contributed by atoms with Gasteiger partial charge in [-0.3, -0.25) is 9.67 Å². The van der Waals surface area contributed by atoms with Crippen molar-refractivity contribution in [2.75, 3.05) is 0 Å². The first-order chi connectivity index (χ1) is 16.7. The number of rotatable bonds is 4. The van der Waals surface area contributed by atoms with E-state index in [2.05, 4.69) is 73.8 Å². The van der Waals surface area contributed by atoms with Gasteiger partial charge in [0.2, 0.25) is 0 Å². The molecule has 0 saturated heterocycles. The Labute approximate surface area is 194 Å². The molecule has 2 aromatic carbocycles. The highest BCUT2D eigenvalue weighted by molar-refractivity contribution is 5.79. The van der Waals surface area contributed by atoms with E-state index < -0.39 is 0 Å². The van der Waals surface area contributed by atoms with Crippen LogP contribution in [-0.2, 0) is 12.5 Å². The van der Waals surface area contributed by atoms with Gasteiger partial charge in [0.1, 0.15) is 5.69 Å². The Balaban J connectivity index is 1.29. The van der Waals surface area contributed by atoms with E-state index in [-0.39, 0.29) is 5.41 Å². The molecule has 0 atom stereocenters. The van der Waals surface area contributed by atoms with E-state index in [0.29, 0.717) is 5.78 Å². The number of hydrogen-bond acceptors (Lipinski definition) is 6. The van der Waals surface area contributed by atoms with Crippen molar-refractivity contribution in [1.29, 1.82) is 0 Å². The van der Waals surface area contributed by atoms with Crippen LogP contribution in [0.2, 0.25) is 0 Å². The minimum atomic E-state index is -0.194. The zero-order valence-electron chi connectivity index (χ0n) is 18.5. The van der Waals surface area contributed by atoms with Gasteiger partial charge in [-0.1, -0.05) is 36.4 Å². The molecule has 4 heterocycles. The molecule has 1 aliphatic rings. The highest BCUT2D eigenvalue weighted by Crippen LogP contribution is 2.53. The van der Waals surface area contributed by atoms with Crippen molar-refractivity contribution in [2.45, 2.75) is 18.3 Å². The standard InChI is InChI=1S/C26H20N8/c1-33-16-20(14-29-33)17-4-6-18(7-5-17)23-15-28-25-31-30-24(34(25)32-23)26(10-11-26)21-8-9-22-19(13-21)3-2-12-27-22/h2-9,12-16H,10-11H2,1H3. The minimum absolute atomic E-state index is 0.194. The zero-order chi connectivity index (χ0) is 22.7. The van der Waals surface area contributed by atoms with Crippen molar-refractivity contribution in [3.8, 4) is 22.4 Å². The van der Waals surface area contributed by atoms with Gasteiger partial charge in [0, 0.05) is 36.0 Å². The number of benzene rings is 2. The Kier molecular flexibility index (Phi) is 3.93. The third-order valence-corrected chi connectivity index (χ3v) is 6.69. The van der Waals surface area contributed by atoms with Crippen molar-refractivity contribution in [3.63, 3.8) is 0 Å². The smallest absolute Gasteiger partial charge is 0.271 e. The summed E-state index contributed by atoms with van der Waals surface area (Å²) in [7, 11) is 1.92. The van der Waals surface area contributed by atoms with E-state index in [1.54, 1.807) is 10.9 Å². The number of hydrogen-bond donors (Lipinski definition) is 0.